The van der Waals surface area contributed by atoms with Crippen LogP contribution >= 0.6 is 0 Å². The quantitative estimate of drug-likeness (QED) is 0.192. The fraction of sp³-hybridized carbons (Fsp3) is 0.568. The minimum absolute atomic E-state index is 0.935. The maximum absolute atomic E-state index is 3.33. The van der Waals surface area contributed by atoms with Gasteiger partial charge in [0, 0.05) is 23.1 Å². The fourth-order valence-electron chi connectivity index (χ4n) is 5.56. The highest BCUT2D eigenvalue weighted by molar-refractivity contribution is 5.46. The lowest BCUT2D eigenvalue weighted by molar-refractivity contribution is 0.249. The second-order valence-electron chi connectivity index (χ2n) is 11.3. The minimum atomic E-state index is 0.935. The average molecular weight is 495 g/mol. The van der Waals surface area contributed by atoms with Crippen LogP contribution in [0.5, 0.6) is 0 Å². The van der Waals surface area contributed by atoms with Crippen molar-refractivity contribution in [3.63, 3.8) is 0 Å². The molecular weight excluding hydrogens is 444 g/mol. The molecule has 0 nitrogen and oxygen atoms in total. The Kier molecular flexibility index (Phi) is 14.1. The maximum Gasteiger partial charge on any atom is 0.0249 e. The molecule has 3 rings (SSSR count). The molecule has 2 aromatic rings. The molecule has 1 aliphatic rings. The predicted molar refractivity (Wildman–Crippen MR) is 162 cm³/mol. The summed E-state index contributed by atoms with van der Waals surface area (Å²) in [5, 5.41) is 0. The Morgan fingerprint density at radius 3 is 1.65 bits per heavy atom. The second-order valence-corrected chi connectivity index (χ2v) is 11.3. The summed E-state index contributed by atoms with van der Waals surface area (Å²) in [6.07, 6.45) is 23.0. The van der Waals surface area contributed by atoms with Gasteiger partial charge in [0.15, 0.2) is 0 Å². The van der Waals surface area contributed by atoms with E-state index in [1.807, 2.05) is 0 Å². The van der Waals surface area contributed by atoms with Gasteiger partial charge < -0.3 is 0 Å². The largest absolute Gasteiger partial charge is 0.0979 e. The third kappa shape index (κ3) is 12.1. The summed E-state index contributed by atoms with van der Waals surface area (Å²) in [6, 6.07) is 17.3. The van der Waals surface area contributed by atoms with Gasteiger partial charge in [-0.05, 0) is 73.1 Å². The van der Waals surface area contributed by atoms with Crippen molar-refractivity contribution in [3.05, 3.63) is 70.8 Å². The Hall–Kier alpha value is -2.44. The van der Waals surface area contributed by atoms with Gasteiger partial charge >= 0.3 is 0 Å². The summed E-state index contributed by atoms with van der Waals surface area (Å²) < 4.78 is 0. The first-order valence-electron chi connectivity index (χ1n) is 15.5. The lowest BCUT2D eigenvalue weighted by atomic mass is 9.78. The van der Waals surface area contributed by atoms with E-state index in [4.69, 9.17) is 0 Å². The summed E-state index contributed by atoms with van der Waals surface area (Å²) in [7, 11) is 0. The molecule has 0 heteroatoms. The molecule has 0 N–H and O–H groups in total. The van der Waals surface area contributed by atoms with Crippen molar-refractivity contribution in [2.24, 2.45) is 11.8 Å². The number of benzene rings is 2. The van der Waals surface area contributed by atoms with E-state index in [0.717, 1.165) is 34.9 Å². The van der Waals surface area contributed by atoms with Crippen LogP contribution in [0.4, 0.5) is 0 Å². The maximum atomic E-state index is 3.33. The van der Waals surface area contributed by atoms with Crippen molar-refractivity contribution in [3.8, 4) is 23.7 Å². The van der Waals surface area contributed by atoms with Gasteiger partial charge in [0.05, 0.1) is 0 Å². The first-order valence-corrected chi connectivity index (χ1v) is 15.5. The number of hydrogen-bond acceptors (Lipinski definition) is 0. The van der Waals surface area contributed by atoms with Gasteiger partial charge in [-0.1, -0.05) is 133 Å². The van der Waals surface area contributed by atoms with Crippen molar-refractivity contribution in [1.82, 2.24) is 0 Å². The van der Waals surface area contributed by atoms with Crippen molar-refractivity contribution >= 4 is 0 Å². The van der Waals surface area contributed by atoms with E-state index >= 15 is 0 Å². The van der Waals surface area contributed by atoms with E-state index in [9.17, 15) is 0 Å². The Bertz CT molecular complexity index is 978. The van der Waals surface area contributed by atoms with Crippen LogP contribution in [0.3, 0.4) is 0 Å². The highest BCUT2D eigenvalue weighted by Gasteiger charge is 2.20. The molecule has 0 aliphatic heterocycles. The van der Waals surface area contributed by atoms with E-state index in [1.54, 1.807) is 0 Å². The Morgan fingerprint density at radius 1 is 0.541 bits per heavy atom. The normalized spacial score (nSPS) is 16.9. The molecule has 0 saturated heterocycles. The molecule has 0 unspecified atom stereocenters. The molecule has 0 radical (unpaired) electrons. The van der Waals surface area contributed by atoms with Gasteiger partial charge in [0.1, 0.15) is 0 Å². The Morgan fingerprint density at radius 2 is 1.03 bits per heavy atom. The monoisotopic (exact) mass is 494 g/mol. The molecule has 0 amide bonds. The molecule has 1 saturated carbocycles. The molecule has 0 heterocycles. The molecule has 37 heavy (non-hydrogen) atoms. The van der Waals surface area contributed by atoms with Crippen LogP contribution in [-0.4, -0.2) is 0 Å². The van der Waals surface area contributed by atoms with Crippen LogP contribution < -0.4 is 0 Å². The molecular formula is C37H50. The molecule has 2 aromatic carbocycles. The summed E-state index contributed by atoms with van der Waals surface area (Å²) in [5.41, 5.74) is 4.69. The van der Waals surface area contributed by atoms with Crippen molar-refractivity contribution < 1.29 is 0 Å². The number of rotatable bonds is 13. The topological polar surface area (TPSA) is 0 Å². The van der Waals surface area contributed by atoms with Crippen LogP contribution in [0, 0.1) is 35.5 Å². The smallest absolute Gasteiger partial charge is 0.0249 e. The Labute approximate surface area is 229 Å². The first-order chi connectivity index (χ1) is 18.3. The van der Waals surface area contributed by atoms with Gasteiger partial charge in [-0.25, -0.2) is 0 Å². The molecule has 1 fully saturated rings. The van der Waals surface area contributed by atoms with Gasteiger partial charge in [-0.3, -0.25) is 0 Å². The van der Waals surface area contributed by atoms with E-state index in [1.165, 1.54) is 108 Å². The molecule has 0 aromatic heterocycles. The van der Waals surface area contributed by atoms with E-state index in [-0.39, 0.29) is 0 Å². The van der Waals surface area contributed by atoms with Crippen LogP contribution in [-0.2, 0) is 6.42 Å². The highest BCUT2D eigenvalue weighted by atomic mass is 14.3. The number of unbranched alkanes of at least 4 members (excludes halogenated alkanes) is 8. The lowest BCUT2D eigenvalue weighted by Crippen LogP contribution is -2.15. The first kappa shape index (κ1) is 29.1. The summed E-state index contributed by atoms with van der Waals surface area (Å²) in [5.74, 6) is 15.2. The molecule has 198 valence electrons. The SMILES string of the molecule is CCCCCCCCC#Cc1ccc(C#Cc2ccc(CCC3CCC(CCCCC)CC3)cc2)cc1. The number of hydrogen-bond donors (Lipinski definition) is 0. The van der Waals surface area contributed by atoms with Crippen molar-refractivity contribution in [2.45, 2.75) is 123 Å². The van der Waals surface area contributed by atoms with E-state index in [2.05, 4.69) is 86.1 Å². The third-order valence-electron chi connectivity index (χ3n) is 8.10. The van der Waals surface area contributed by atoms with Crippen LogP contribution in [0.25, 0.3) is 0 Å². The van der Waals surface area contributed by atoms with Gasteiger partial charge in [0.2, 0.25) is 0 Å². The third-order valence-corrected chi connectivity index (χ3v) is 8.10. The average Bonchev–Trinajstić information content (AvgIpc) is 2.94. The van der Waals surface area contributed by atoms with Crippen molar-refractivity contribution in [2.75, 3.05) is 0 Å². The molecule has 0 bridgehead atoms. The lowest BCUT2D eigenvalue weighted by Gasteiger charge is -2.28. The second kappa shape index (κ2) is 17.9. The zero-order valence-electron chi connectivity index (χ0n) is 23.8. The molecule has 1 aliphatic carbocycles. The molecule has 0 spiro atoms. The van der Waals surface area contributed by atoms with Gasteiger partial charge in [-0.15, -0.1) is 0 Å². The van der Waals surface area contributed by atoms with Crippen LogP contribution in [0.15, 0.2) is 48.5 Å². The highest BCUT2D eigenvalue weighted by Crippen LogP contribution is 2.34. The van der Waals surface area contributed by atoms with Gasteiger partial charge in [-0.2, -0.15) is 0 Å². The minimum Gasteiger partial charge on any atom is -0.0979 e. The summed E-state index contributed by atoms with van der Waals surface area (Å²) >= 11 is 0. The molecule has 0 atom stereocenters. The van der Waals surface area contributed by atoms with Crippen molar-refractivity contribution in [1.29, 1.82) is 0 Å². The fourth-order valence-corrected chi connectivity index (χ4v) is 5.56. The van der Waals surface area contributed by atoms with E-state index in [0.29, 0.717) is 0 Å². The zero-order valence-corrected chi connectivity index (χ0v) is 23.8. The summed E-state index contributed by atoms with van der Waals surface area (Å²) in [6.45, 7) is 4.57. The zero-order chi connectivity index (χ0) is 26.0. The van der Waals surface area contributed by atoms with E-state index < -0.39 is 0 Å². The standard InChI is InChI=1S/C37H50/c1-3-5-7-8-9-10-11-13-15-33-18-22-35(23-19-33)25-27-37-30-28-36(29-31-37)26-24-34-20-16-32(17-21-34)14-12-6-4-2/h18-19,22-23,28-32,34H,3-12,14,16-17,20-21,24,26H2,1-2H3. The summed E-state index contributed by atoms with van der Waals surface area (Å²) in [4.78, 5) is 0. The number of aryl methyl sites for hydroxylation is 1. The van der Waals surface area contributed by atoms with Crippen LogP contribution in [0.2, 0.25) is 0 Å². The predicted octanol–water partition coefficient (Wildman–Crippen LogP) is 10.5. The van der Waals surface area contributed by atoms with Crippen LogP contribution in [0.1, 0.15) is 139 Å². The Balaban J connectivity index is 1.35. The van der Waals surface area contributed by atoms with Gasteiger partial charge in [0.25, 0.3) is 0 Å².